The van der Waals surface area contributed by atoms with Gasteiger partial charge in [-0.2, -0.15) is 0 Å². The van der Waals surface area contributed by atoms with Crippen LogP contribution < -0.4 is 0 Å². The van der Waals surface area contributed by atoms with Crippen molar-refractivity contribution >= 4 is 11.9 Å². The lowest BCUT2D eigenvalue weighted by Crippen LogP contribution is -1.77. The molecule has 1 aromatic rings. The van der Waals surface area contributed by atoms with E-state index < -0.39 is 0 Å². The van der Waals surface area contributed by atoms with Gasteiger partial charge >= 0.3 is 0 Å². The molecule has 2 heteroatoms. The van der Waals surface area contributed by atoms with Gasteiger partial charge in [0.15, 0.2) is 5.78 Å². The molecule has 0 N–H and O–H groups in total. The van der Waals surface area contributed by atoms with Crippen LogP contribution in [-0.2, 0) is 4.79 Å². The molecule has 2 nitrogen and oxygen atoms in total. The summed E-state index contributed by atoms with van der Waals surface area (Å²) < 4.78 is 5.03. The van der Waals surface area contributed by atoms with Crippen molar-refractivity contribution < 1.29 is 9.21 Å². The Bertz CT molecular complexity index is 292. The van der Waals surface area contributed by atoms with Crippen LogP contribution in [0.3, 0.4) is 0 Å². The Labute approximate surface area is 71.2 Å². The average molecular weight is 162 g/mol. The van der Waals surface area contributed by atoms with Crippen molar-refractivity contribution in [1.82, 2.24) is 0 Å². The van der Waals surface area contributed by atoms with Gasteiger partial charge in [0.1, 0.15) is 5.76 Å². The second-order valence-corrected chi connectivity index (χ2v) is 2.34. The summed E-state index contributed by atoms with van der Waals surface area (Å²) in [4.78, 5) is 10.5. The number of ketones is 1. The summed E-state index contributed by atoms with van der Waals surface area (Å²) in [6.45, 7) is 1.51. The minimum atomic E-state index is 0.0408. The molecule has 0 atom stereocenters. The summed E-state index contributed by atoms with van der Waals surface area (Å²) in [7, 11) is 0. The highest BCUT2D eigenvalue weighted by Crippen LogP contribution is 2.01. The zero-order chi connectivity index (χ0) is 8.81. The second kappa shape index (κ2) is 4.34. The van der Waals surface area contributed by atoms with Crippen LogP contribution in [0, 0.1) is 0 Å². The summed E-state index contributed by atoms with van der Waals surface area (Å²) in [6, 6.07) is 3.66. The first-order valence-corrected chi connectivity index (χ1v) is 3.68. The average Bonchev–Trinajstić information content (AvgIpc) is 2.49. The summed E-state index contributed by atoms with van der Waals surface area (Å²) in [5.74, 6) is 0.822. The Kier molecular flexibility index (Phi) is 3.08. The van der Waals surface area contributed by atoms with Gasteiger partial charge in [0.2, 0.25) is 0 Å². The van der Waals surface area contributed by atoms with E-state index in [2.05, 4.69) is 0 Å². The summed E-state index contributed by atoms with van der Waals surface area (Å²) >= 11 is 0. The minimum Gasteiger partial charge on any atom is -0.465 e. The van der Waals surface area contributed by atoms with Crippen LogP contribution in [0.4, 0.5) is 0 Å². The molecule has 1 aromatic heterocycles. The summed E-state index contributed by atoms with van der Waals surface area (Å²) in [5, 5.41) is 0. The Morgan fingerprint density at radius 3 is 2.92 bits per heavy atom. The van der Waals surface area contributed by atoms with Gasteiger partial charge in [-0.15, -0.1) is 0 Å². The smallest absolute Gasteiger partial charge is 0.152 e. The molecule has 0 fully saturated rings. The molecule has 0 saturated heterocycles. The zero-order valence-corrected chi connectivity index (χ0v) is 6.86. The SMILES string of the molecule is CC(=O)C=CC=Cc1ccco1. The predicted octanol–water partition coefficient (Wildman–Crippen LogP) is 2.44. The number of carbonyl (C=O) groups excluding carboxylic acids is 1. The Morgan fingerprint density at radius 2 is 2.33 bits per heavy atom. The topological polar surface area (TPSA) is 30.2 Å². The van der Waals surface area contributed by atoms with Crippen molar-refractivity contribution in [1.29, 1.82) is 0 Å². The maximum Gasteiger partial charge on any atom is 0.152 e. The van der Waals surface area contributed by atoms with Gasteiger partial charge in [0.05, 0.1) is 6.26 Å². The zero-order valence-electron chi connectivity index (χ0n) is 6.86. The number of furan rings is 1. The van der Waals surface area contributed by atoms with Gasteiger partial charge in [0, 0.05) is 0 Å². The fourth-order valence-corrected chi connectivity index (χ4v) is 0.728. The maximum atomic E-state index is 10.5. The fourth-order valence-electron chi connectivity index (χ4n) is 0.728. The number of hydrogen-bond donors (Lipinski definition) is 0. The maximum absolute atomic E-state index is 10.5. The van der Waals surface area contributed by atoms with Gasteiger partial charge in [-0.3, -0.25) is 4.79 Å². The third kappa shape index (κ3) is 3.01. The van der Waals surface area contributed by atoms with E-state index in [1.807, 2.05) is 12.1 Å². The molecule has 0 spiro atoms. The van der Waals surface area contributed by atoms with Crippen molar-refractivity contribution in [3.8, 4) is 0 Å². The van der Waals surface area contributed by atoms with Crippen LogP contribution in [0.5, 0.6) is 0 Å². The first-order chi connectivity index (χ1) is 5.79. The van der Waals surface area contributed by atoms with E-state index in [1.54, 1.807) is 24.5 Å². The van der Waals surface area contributed by atoms with Gasteiger partial charge in [-0.1, -0.05) is 12.2 Å². The van der Waals surface area contributed by atoms with Crippen molar-refractivity contribution in [2.45, 2.75) is 6.92 Å². The Balaban J connectivity index is 2.47. The van der Waals surface area contributed by atoms with Gasteiger partial charge < -0.3 is 4.42 Å². The third-order valence-electron chi connectivity index (χ3n) is 1.25. The molecule has 0 radical (unpaired) electrons. The summed E-state index contributed by atoms with van der Waals surface area (Å²) in [6.07, 6.45) is 8.35. The number of carbonyl (C=O) groups is 1. The molecule has 62 valence electrons. The number of allylic oxidation sites excluding steroid dienone is 3. The lowest BCUT2D eigenvalue weighted by molar-refractivity contribution is -0.112. The molecular formula is C10H10O2. The Morgan fingerprint density at radius 1 is 1.50 bits per heavy atom. The van der Waals surface area contributed by atoms with Gasteiger partial charge in [-0.05, 0) is 31.2 Å². The highest BCUT2D eigenvalue weighted by atomic mass is 16.3. The van der Waals surface area contributed by atoms with E-state index in [0.717, 1.165) is 5.76 Å². The predicted molar refractivity (Wildman–Crippen MR) is 47.6 cm³/mol. The van der Waals surface area contributed by atoms with Crippen LogP contribution in [0.2, 0.25) is 0 Å². The lowest BCUT2D eigenvalue weighted by Gasteiger charge is -1.79. The van der Waals surface area contributed by atoms with Crippen molar-refractivity contribution in [3.63, 3.8) is 0 Å². The van der Waals surface area contributed by atoms with E-state index in [0.29, 0.717) is 0 Å². The summed E-state index contributed by atoms with van der Waals surface area (Å²) in [5.41, 5.74) is 0. The molecule has 0 amide bonds. The van der Waals surface area contributed by atoms with Crippen LogP contribution in [0.15, 0.2) is 41.0 Å². The standard InChI is InChI=1S/C10H10O2/c1-9(11)5-2-3-6-10-7-4-8-12-10/h2-8H,1H3. The molecule has 0 saturated carbocycles. The molecular weight excluding hydrogens is 152 g/mol. The van der Waals surface area contributed by atoms with Crippen LogP contribution in [0.1, 0.15) is 12.7 Å². The first kappa shape index (κ1) is 8.53. The highest BCUT2D eigenvalue weighted by Gasteiger charge is 1.84. The van der Waals surface area contributed by atoms with Gasteiger partial charge in [-0.25, -0.2) is 0 Å². The minimum absolute atomic E-state index is 0.0408. The molecule has 1 heterocycles. The molecule has 0 aliphatic heterocycles. The van der Waals surface area contributed by atoms with Crippen molar-refractivity contribution in [3.05, 3.63) is 42.4 Å². The molecule has 0 aliphatic carbocycles. The van der Waals surface area contributed by atoms with E-state index in [4.69, 9.17) is 4.42 Å². The second-order valence-electron chi connectivity index (χ2n) is 2.34. The molecule has 0 unspecified atom stereocenters. The van der Waals surface area contributed by atoms with E-state index >= 15 is 0 Å². The molecule has 0 aliphatic rings. The van der Waals surface area contributed by atoms with Crippen molar-refractivity contribution in [2.24, 2.45) is 0 Å². The fraction of sp³-hybridized carbons (Fsp3) is 0.100. The Hall–Kier alpha value is -1.57. The molecule has 12 heavy (non-hydrogen) atoms. The van der Waals surface area contributed by atoms with E-state index in [1.165, 1.54) is 13.0 Å². The first-order valence-electron chi connectivity index (χ1n) is 3.68. The molecule has 1 rings (SSSR count). The van der Waals surface area contributed by atoms with Gasteiger partial charge in [0.25, 0.3) is 0 Å². The largest absolute Gasteiger partial charge is 0.465 e. The van der Waals surface area contributed by atoms with Crippen LogP contribution >= 0.6 is 0 Å². The number of hydrogen-bond acceptors (Lipinski definition) is 2. The third-order valence-corrected chi connectivity index (χ3v) is 1.25. The van der Waals surface area contributed by atoms with Crippen LogP contribution in [-0.4, -0.2) is 5.78 Å². The number of rotatable bonds is 3. The van der Waals surface area contributed by atoms with E-state index in [-0.39, 0.29) is 5.78 Å². The molecule has 0 bridgehead atoms. The normalized spacial score (nSPS) is 11.4. The van der Waals surface area contributed by atoms with E-state index in [9.17, 15) is 4.79 Å². The highest BCUT2D eigenvalue weighted by molar-refractivity contribution is 5.87. The quantitative estimate of drug-likeness (QED) is 0.504. The van der Waals surface area contributed by atoms with Crippen LogP contribution in [0.25, 0.3) is 6.08 Å². The van der Waals surface area contributed by atoms with Crippen molar-refractivity contribution in [2.75, 3.05) is 0 Å². The lowest BCUT2D eigenvalue weighted by atomic mass is 10.3. The monoisotopic (exact) mass is 162 g/mol. The molecule has 0 aromatic carbocycles.